The third-order valence-electron chi connectivity index (χ3n) is 4.44. The van der Waals surface area contributed by atoms with Crippen molar-refractivity contribution in [1.29, 1.82) is 0 Å². The molecule has 1 aromatic heterocycles. The normalized spacial score (nSPS) is 15.0. The van der Waals surface area contributed by atoms with E-state index in [4.69, 9.17) is 4.74 Å². The van der Waals surface area contributed by atoms with Crippen LogP contribution in [0.3, 0.4) is 0 Å². The lowest BCUT2D eigenvalue weighted by Gasteiger charge is -2.36. The Labute approximate surface area is 147 Å². The number of methoxy groups -OCH3 is 1. The maximum atomic E-state index is 12.7. The number of ether oxygens (including phenoxy) is 1. The lowest BCUT2D eigenvalue weighted by Crippen LogP contribution is -2.48. The van der Waals surface area contributed by atoms with Gasteiger partial charge in [0.2, 0.25) is 0 Å². The quantitative estimate of drug-likeness (QED) is 0.845. The number of rotatable bonds is 4. The maximum absolute atomic E-state index is 12.7. The minimum absolute atomic E-state index is 0.160. The average Bonchev–Trinajstić information content (AvgIpc) is 3.12. The van der Waals surface area contributed by atoms with E-state index in [0.29, 0.717) is 5.92 Å². The highest BCUT2D eigenvalue weighted by Crippen LogP contribution is 2.25. The van der Waals surface area contributed by atoms with Gasteiger partial charge in [-0.15, -0.1) is 11.3 Å². The molecule has 1 aliphatic rings. The van der Waals surface area contributed by atoms with Gasteiger partial charge in [0.25, 0.3) is 5.91 Å². The molecule has 0 bridgehead atoms. The van der Waals surface area contributed by atoms with Gasteiger partial charge in [0.1, 0.15) is 5.75 Å². The van der Waals surface area contributed by atoms with Gasteiger partial charge in [0.05, 0.1) is 12.7 Å². The van der Waals surface area contributed by atoms with Crippen molar-refractivity contribution in [2.75, 3.05) is 38.2 Å². The smallest absolute Gasteiger partial charge is 0.254 e. The number of carbonyl (C=O) groups excluding carboxylic acids is 1. The highest BCUT2D eigenvalue weighted by molar-refractivity contribution is 7.10. The van der Waals surface area contributed by atoms with E-state index in [-0.39, 0.29) is 5.91 Å². The first-order valence-electron chi connectivity index (χ1n) is 8.35. The molecule has 0 radical (unpaired) electrons. The molecule has 4 nitrogen and oxygen atoms in total. The zero-order valence-electron chi connectivity index (χ0n) is 14.5. The number of hydrogen-bond donors (Lipinski definition) is 0. The highest BCUT2D eigenvalue weighted by atomic mass is 32.1. The highest BCUT2D eigenvalue weighted by Gasteiger charge is 2.23. The molecule has 0 unspecified atom stereocenters. The molecule has 5 heteroatoms. The topological polar surface area (TPSA) is 32.8 Å². The molecule has 1 aliphatic heterocycles. The molecule has 0 spiro atoms. The molecule has 1 fully saturated rings. The Morgan fingerprint density at radius 1 is 1.12 bits per heavy atom. The standard InChI is InChI=1S/C19H24N2O2S/c1-14(2)18-12-15(13-24-18)19(22)21-10-8-20(9-11-21)16-4-6-17(23-3)7-5-16/h4-7,12-14H,8-11H2,1-3H3. The maximum Gasteiger partial charge on any atom is 0.254 e. The van der Waals surface area contributed by atoms with Crippen molar-refractivity contribution in [3.05, 3.63) is 46.2 Å². The first-order valence-corrected chi connectivity index (χ1v) is 9.23. The van der Waals surface area contributed by atoms with Crippen molar-refractivity contribution in [2.24, 2.45) is 0 Å². The third kappa shape index (κ3) is 3.56. The van der Waals surface area contributed by atoms with Crippen LogP contribution in [0.15, 0.2) is 35.7 Å². The van der Waals surface area contributed by atoms with Crippen molar-refractivity contribution in [2.45, 2.75) is 19.8 Å². The molecule has 1 saturated heterocycles. The van der Waals surface area contributed by atoms with Gasteiger partial charge in [0, 0.05) is 42.1 Å². The Hall–Kier alpha value is -2.01. The molecule has 0 saturated carbocycles. The number of benzene rings is 1. The van der Waals surface area contributed by atoms with Crippen LogP contribution >= 0.6 is 11.3 Å². The fraction of sp³-hybridized carbons (Fsp3) is 0.421. The molecule has 128 valence electrons. The Bertz CT molecular complexity index is 686. The molecule has 2 heterocycles. The Morgan fingerprint density at radius 3 is 2.33 bits per heavy atom. The first kappa shape index (κ1) is 16.8. The summed E-state index contributed by atoms with van der Waals surface area (Å²) < 4.78 is 5.20. The number of thiophene rings is 1. The van der Waals surface area contributed by atoms with Gasteiger partial charge in [-0.05, 0) is 36.2 Å². The number of piperazine rings is 1. The second-order valence-corrected chi connectivity index (χ2v) is 7.31. The zero-order chi connectivity index (χ0) is 17.1. The summed E-state index contributed by atoms with van der Waals surface area (Å²) in [5.74, 6) is 1.50. The number of hydrogen-bond acceptors (Lipinski definition) is 4. The van der Waals surface area contributed by atoms with Crippen molar-refractivity contribution in [3.8, 4) is 5.75 Å². The predicted molar refractivity (Wildman–Crippen MR) is 99.5 cm³/mol. The predicted octanol–water partition coefficient (Wildman–Crippen LogP) is 3.84. The van der Waals surface area contributed by atoms with E-state index in [1.54, 1.807) is 18.4 Å². The minimum atomic E-state index is 0.160. The van der Waals surface area contributed by atoms with Gasteiger partial charge < -0.3 is 14.5 Å². The van der Waals surface area contributed by atoms with Gasteiger partial charge in [-0.2, -0.15) is 0 Å². The van der Waals surface area contributed by atoms with Crippen LogP contribution in [0.1, 0.15) is 35.0 Å². The Balaban J connectivity index is 1.60. The summed E-state index contributed by atoms with van der Waals surface area (Å²) in [4.78, 5) is 18.2. The lowest BCUT2D eigenvalue weighted by molar-refractivity contribution is 0.0747. The van der Waals surface area contributed by atoms with Gasteiger partial charge >= 0.3 is 0 Å². The number of nitrogens with zero attached hydrogens (tertiary/aromatic N) is 2. The van der Waals surface area contributed by atoms with Crippen LogP contribution in [0.5, 0.6) is 5.75 Å². The Morgan fingerprint density at radius 2 is 1.79 bits per heavy atom. The van der Waals surface area contributed by atoms with Crippen LogP contribution < -0.4 is 9.64 Å². The molecule has 0 aliphatic carbocycles. The van der Waals surface area contributed by atoms with Crippen molar-refractivity contribution < 1.29 is 9.53 Å². The molecule has 0 N–H and O–H groups in total. The number of amides is 1. The summed E-state index contributed by atoms with van der Waals surface area (Å²) in [5, 5.41) is 1.99. The van der Waals surface area contributed by atoms with Gasteiger partial charge in [0.15, 0.2) is 0 Å². The monoisotopic (exact) mass is 344 g/mol. The third-order valence-corrected chi connectivity index (χ3v) is 5.67. The molecule has 0 atom stereocenters. The van der Waals surface area contributed by atoms with E-state index < -0.39 is 0 Å². The largest absolute Gasteiger partial charge is 0.497 e. The van der Waals surface area contributed by atoms with Gasteiger partial charge in [-0.1, -0.05) is 13.8 Å². The summed E-state index contributed by atoms with van der Waals surface area (Å²) in [6, 6.07) is 10.2. The van der Waals surface area contributed by atoms with E-state index in [9.17, 15) is 4.79 Å². The molecule has 3 rings (SSSR count). The second kappa shape index (κ2) is 7.26. The van der Waals surface area contributed by atoms with Crippen molar-refractivity contribution in [3.63, 3.8) is 0 Å². The minimum Gasteiger partial charge on any atom is -0.497 e. The van der Waals surface area contributed by atoms with E-state index in [0.717, 1.165) is 37.5 Å². The second-order valence-electron chi connectivity index (χ2n) is 6.37. The van der Waals surface area contributed by atoms with E-state index >= 15 is 0 Å². The summed E-state index contributed by atoms with van der Waals surface area (Å²) >= 11 is 1.68. The number of carbonyl (C=O) groups is 1. The van der Waals surface area contributed by atoms with E-state index in [1.165, 1.54) is 10.6 Å². The summed E-state index contributed by atoms with van der Waals surface area (Å²) in [7, 11) is 1.68. The molecule has 2 aromatic rings. The fourth-order valence-corrected chi connectivity index (χ4v) is 3.81. The van der Waals surface area contributed by atoms with Gasteiger partial charge in [-0.3, -0.25) is 4.79 Å². The summed E-state index contributed by atoms with van der Waals surface area (Å²) in [5.41, 5.74) is 2.02. The van der Waals surface area contributed by atoms with E-state index in [2.05, 4.69) is 30.9 Å². The fourth-order valence-electron chi connectivity index (χ4n) is 2.91. The van der Waals surface area contributed by atoms with Crippen LogP contribution in [0, 0.1) is 0 Å². The lowest BCUT2D eigenvalue weighted by atomic mass is 10.1. The summed E-state index contributed by atoms with van der Waals surface area (Å²) in [6.45, 7) is 7.56. The average molecular weight is 344 g/mol. The summed E-state index contributed by atoms with van der Waals surface area (Å²) in [6.07, 6.45) is 0. The first-order chi connectivity index (χ1) is 11.6. The van der Waals surface area contributed by atoms with Crippen LogP contribution in [-0.2, 0) is 0 Å². The SMILES string of the molecule is COc1ccc(N2CCN(C(=O)c3csc(C(C)C)c3)CC2)cc1. The van der Waals surface area contributed by atoms with Crippen molar-refractivity contribution >= 4 is 22.9 Å². The van der Waals surface area contributed by atoms with Crippen LogP contribution in [0.4, 0.5) is 5.69 Å². The molecule has 1 amide bonds. The molecular formula is C19H24N2O2S. The number of anilines is 1. The van der Waals surface area contributed by atoms with Gasteiger partial charge in [-0.25, -0.2) is 0 Å². The zero-order valence-corrected chi connectivity index (χ0v) is 15.3. The van der Waals surface area contributed by atoms with Crippen LogP contribution in [0.25, 0.3) is 0 Å². The van der Waals surface area contributed by atoms with Crippen LogP contribution in [0.2, 0.25) is 0 Å². The molecule has 24 heavy (non-hydrogen) atoms. The van der Waals surface area contributed by atoms with Crippen LogP contribution in [-0.4, -0.2) is 44.1 Å². The molecular weight excluding hydrogens is 320 g/mol. The Kier molecular flexibility index (Phi) is 5.09. The molecule has 1 aromatic carbocycles. The van der Waals surface area contributed by atoms with E-state index in [1.807, 2.05) is 28.5 Å². The van der Waals surface area contributed by atoms with Crippen molar-refractivity contribution in [1.82, 2.24) is 4.90 Å².